The van der Waals surface area contributed by atoms with E-state index in [0.717, 1.165) is 23.9 Å². The zero-order valence-corrected chi connectivity index (χ0v) is 15.1. The highest BCUT2D eigenvalue weighted by atomic mass is 16.5. The zero-order chi connectivity index (χ0) is 17.8. The van der Waals surface area contributed by atoms with Gasteiger partial charge in [-0.1, -0.05) is 18.2 Å². The second-order valence-electron chi connectivity index (χ2n) is 6.57. The Balaban J connectivity index is 1.83. The number of nitrogens with zero attached hydrogens (tertiary/aromatic N) is 3. The van der Waals surface area contributed by atoms with E-state index < -0.39 is 0 Å². The topological polar surface area (TPSA) is 54.9 Å². The van der Waals surface area contributed by atoms with E-state index in [1.54, 1.807) is 13.2 Å². The van der Waals surface area contributed by atoms with Crippen LogP contribution in [0, 0.1) is 0 Å². The number of morpholine rings is 1. The fourth-order valence-electron chi connectivity index (χ4n) is 3.08. The minimum atomic E-state index is 0.00931. The number of aromatic nitrogens is 1. The van der Waals surface area contributed by atoms with Crippen molar-refractivity contribution in [3.05, 3.63) is 35.9 Å². The molecule has 0 saturated carbocycles. The van der Waals surface area contributed by atoms with Crippen LogP contribution in [0.15, 0.2) is 30.3 Å². The third-order valence-electron chi connectivity index (χ3n) is 4.46. The maximum absolute atomic E-state index is 13.1. The monoisotopic (exact) mass is 343 g/mol. The summed E-state index contributed by atoms with van der Waals surface area (Å²) in [6.07, 6.45) is 0.993. The van der Waals surface area contributed by atoms with Crippen LogP contribution in [0.5, 0.6) is 5.88 Å². The predicted octanol–water partition coefficient (Wildman–Crippen LogP) is 2.04. The van der Waals surface area contributed by atoms with Gasteiger partial charge in [0.05, 0.1) is 30.9 Å². The number of hydrogen-bond donors (Lipinski definition) is 0. The smallest absolute Gasteiger partial charge is 0.254 e. The molecule has 1 aliphatic rings. The third kappa shape index (κ3) is 4.08. The van der Waals surface area contributed by atoms with Crippen molar-refractivity contribution in [2.45, 2.75) is 12.5 Å². The molecular formula is C19H25N3O3. The summed E-state index contributed by atoms with van der Waals surface area (Å²) in [6, 6.07) is 9.39. The van der Waals surface area contributed by atoms with Gasteiger partial charge in [-0.25, -0.2) is 4.98 Å². The van der Waals surface area contributed by atoms with E-state index in [9.17, 15) is 4.79 Å². The molecule has 0 radical (unpaired) electrons. The number of fused-ring (bicyclic) bond motifs is 1. The average Bonchev–Trinajstić information content (AvgIpc) is 2.65. The molecular weight excluding hydrogens is 318 g/mol. The number of benzene rings is 1. The second-order valence-corrected chi connectivity index (χ2v) is 6.57. The van der Waals surface area contributed by atoms with Gasteiger partial charge >= 0.3 is 0 Å². The first-order valence-corrected chi connectivity index (χ1v) is 8.58. The summed E-state index contributed by atoms with van der Waals surface area (Å²) in [5.41, 5.74) is 1.40. The van der Waals surface area contributed by atoms with Crippen LogP contribution in [0.25, 0.3) is 10.9 Å². The number of pyridine rings is 1. The van der Waals surface area contributed by atoms with Crippen molar-refractivity contribution >= 4 is 16.8 Å². The minimum absolute atomic E-state index is 0.00931. The number of para-hydroxylation sites is 1. The van der Waals surface area contributed by atoms with E-state index in [-0.39, 0.29) is 12.0 Å². The van der Waals surface area contributed by atoms with Crippen LogP contribution in [0.4, 0.5) is 0 Å². The predicted molar refractivity (Wildman–Crippen MR) is 97.1 cm³/mol. The molecule has 2 aromatic rings. The normalized spacial score (nSPS) is 17.9. The van der Waals surface area contributed by atoms with E-state index in [2.05, 4.69) is 9.88 Å². The van der Waals surface area contributed by atoms with E-state index in [1.807, 2.05) is 43.3 Å². The lowest BCUT2D eigenvalue weighted by Crippen LogP contribution is -2.46. The molecule has 1 aliphatic heterocycles. The molecule has 1 fully saturated rings. The zero-order valence-electron chi connectivity index (χ0n) is 15.1. The van der Waals surface area contributed by atoms with Crippen LogP contribution in [-0.4, -0.2) is 74.2 Å². The summed E-state index contributed by atoms with van der Waals surface area (Å²) in [7, 11) is 5.65. The van der Waals surface area contributed by atoms with Gasteiger partial charge in [0.1, 0.15) is 0 Å². The number of amides is 1. The van der Waals surface area contributed by atoms with Gasteiger partial charge in [0, 0.05) is 31.1 Å². The number of hydrogen-bond acceptors (Lipinski definition) is 5. The van der Waals surface area contributed by atoms with Crippen LogP contribution in [0.1, 0.15) is 16.8 Å². The Kier molecular flexibility index (Phi) is 5.50. The molecule has 1 unspecified atom stereocenters. The molecule has 25 heavy (non-hydrogen) atoms. The first-order chi connectivity index (χ1) is 12.1. The van der Waals surface area contributed by atoms with Crippen molar-refractivity contribution in [1.82, 2.24) is 14.8 Å². The van der Waals surface area contributed by atoms with Gasteiger partial charge in [0.15, 0.2) is 0 Å². The van der Waals surface area contributed by atoms with Crippen molar-refractivity contribution < 1.29 is 14.3 Å². The Morgan fingerprint density at radius 3 is 2.96 bits per heavy atom. The van der Waals surface area contributed by atoms with Gasteiger partial charge in [0.25, 0.3) is 5.91 Å². The molecule has 6 nitrogen and oxygen atoms in total. The molecule has 6 heteroatoms. The SMILES string of the molecule is COc1cc(C(=O)N2CCOC(CCN(C)C)C2)c2ccccc2n1. The standard InChI is InChI=1S/C19H25N3O3/c1-21(2)9-8-14-13-22(10-11-25-14)19(23)16-12-18(24-3)20-17-7-5-4-6-15(16)17/h4-7,12,14H,8-11,13H2,1-3H3. The maximum atomic E-state index is 13.1. The lowest BCUT2D eigenvalue weighted by atomic mass is 10.1. The van der Waals surface area contributed by atoms with E-state index >= 15 is 0 Å². The van der Waals surface area contributed by atoms with Gasteiger partial charge in [0.2, 0.25) is 5.88 Å². The lowest BCUT2D eigenvalue weighted by molar-refractivity contribution is -0.0269. The number of methoxy groups -OCH3 is 1. The molecule has 0 spiro atoms. The molecule has 0 bridgehead atoms. The van der Waals surface area contributed by atoms with Crippen LogP contribution >= 0.6 is 0 Å². The quantitative estimate of drug-likeness (QED) is 0.831. The molecule has 2 heterocycles. The molecule has 1 saturated heterocycles. The summed E-state index contributed by atoms with van der Waals surface area (Å²) in [5, 5.41) is 0.852. The molecule has 1 aromatic carbocycles. The molecule has 1 aromatic heterocycles. The maximum Gasteiger partial charge on any atom is 0.254 e. The van der Waals surface area contributed by atoms with Crippen molar-refractivity contribution in [2.75, 3.05) is 47.4 Å². The highest BCUT2D eigenvalue weighted by Crippen LogP contribution is 2.24. The Morgan fingerprint density at radius 1 is 1.40 bits per heavy atom. The van der Waals surface area contributed by atoms with Crippen LogP contribution in [-0.2, 0) is 4.74 Å². The fourth-order valence-corrected chi connectivity index (χ4v) is 3.08. The molecule has 0 N–H and O–H groups in total. The van der Waals surface area contributed by atoms with E-state index in [4.69, 9.17) is 9.47 Å². The summed E-state index contributed by atoms with van der Waals surface area (Å²) in [6.45, 7) is 2.74. The Hall–Kier alpha value is -2.18. The summed E-state index contributed by atoms with van der Waals surface area (Å²) >= 11 is 0. The summed E-state index contributed by atoms with van der Waals surface area (Å²) in [5.74, 6) is 0.467. The second kappa shape index (κ2) is 7.80. The Morgan fingerprint density at radius 2 is 2.20 bits per heavy atom. The molecule has 3 rings (SSSR count). The van der Waals surface area contributed by atoms with Gasteiger partial charge in [-0.05, 0) is 26.6 Å². The van der Waals surface area contributed by atoms with Crippen molar-refractivity contribution in [1.29, 1.82) is 0 Å². The Bertz CT molecular complexity index is 748. The largest absolute Gasteiger partial charge is 0.481 e. The van der Waals surface area contributed by atoms with Gasteiger partial charge in [-0.2, -0.15) is 0 Å². The molecule has 1 atom stereocenters. The van der Waals surface area contributed by atoms with Gasteiger partial charge in [-0.15, -0.1) is 0 Å². The van der Waals surface area contributed by atoms with Crippen molar-refractivity contribution in [3.8, 4) is 5.88 Å². The number of carbonyl (C=O) groups excluding carboxylic acids is 1. The highest BCUT2D eigenvalue weighted by molar-refractivity contribution is 6.06. The summed E-state index contributed by atoms with van der Waals surface area (Å²) < 4.78 is 11.1. The van der Waals surface area contributed by atoms with Crippen LogP contribution < -0.4 is 4.74 Å². The minimum Gasteiger partial charge on any atom is -0.481 e. The number of ether oxygens (including phenoxy) is 2. The number of rotatable bonds is 5. The average molecular weight is 343 g/mol. The van der Waals surface area contributed by atoms with Crippen molar-refractivity contribution in [2.24, 2.45) is 0 Å². The summed E-state index contributed by atoms with van der Waals surface area (Å²) in [4.78, 5) is 21.6. The highest BCUT2D eigenvalue weighted by Gasteiger charge is 2.26. The molecule has 1 amide bonds. The first-order valence-electron chi connectivity index (χ1n) is 8.58. The van der Waals surface area contributed by atoms with E-state index in [1.165, 1.54) is 0 Å². The third-order valence-corrected chi connectivity index (χ3v) is 4.46. The molecule has 134 valence electrons. The van der Waals surface area contributed by atoms with Gasteiger partial charge in [-0.3, -0.25) is 4.79 Å². The molecule has 0 aliphatic carbocycles. The fraction of sp³-hybridized carbons (Fsp3) is 0.474. The first kappa shape index (κ1) is 17.6. The van der Waals surface area contributed by atoms with E-state index in [0.29, 0.717) is 31.1 Å². The lowest BCUT2D eigenvalue weighted by Gasteiger charge is -2.33. The van der Waals surface area contributed by atoms with Crippen LogP contribution in [0.3, 0.4) is 0 Å². The van der Waals surface area contributed by atoms with Crippen LogP contribution in [0.2, 0.25) is 0 Å². The van der Waals surface area contributed by atoms with Crippen molar-refractivity contribution in [3.63, 3.8) is 0 Å². The number of carbonyl (C=O) groups is 1. The Labute approximate surface area is 148 Å². The van der Waals surface area contributed by atoms with Gasteiger partial charge < -0.3 is 19.3 Å².